The van der Waals surface area contributed by atoms with Crippen molar-refractivity contribution in [3.8, 4) is 0 Å². The van der Waals surface area contributed by atoms with Crippen LogP contribution in [0.4, 0.5) is 0 Å². The molecule has 0 unspecified atom stereocenters. The summed E-state index contributed by atoms with van der Waals surface area (Å²) in [6.45, 7) is 3.00. The smallest absolute Gasteiger partial charge is 0.328 e. The molecule has 0 fully saturated rings. The normalized spacial score (nSPS) is 10.9. The molecule has 0 radical (unpaired) electrons. The zero-order chi connectivity index (χ0) is 15.2. The van der Waals surface area contributed by atoms with Crippen molar-refractivity contribution in [2.75, 3.05) is 0 Å². The van der Waals surface area contributed by atoms with E-state index in [0.29, 0.717) is 22.8 Å². The third kappa shape index (κ3) is 3.99. The number of carbonyl (C=O) groups is 2. The number of aromatic nitrogens is 3. The average molecular weight is 306 g/mol. The Morgan fingerprint density at radius 2 is 2.33 bits per heavy atom. The third-order valence-corrected chi connectivity index (χ3v) is 3.61. The molecule has 7 nitrogen and oxygen atoms in total. The quantitative estimate of drug-likeness (QED) is 0.786. The first kappa shape index (κ1) is 14.9. The van der Waals surface area contributed by atoms with E-state index >= 15 is 0 Å². The van der Waals surface area contributed by atoms with Crippen LogP contribution in [0.15, 0.2) is 23.8 Å². The van der Waals surface area contributed by atoms with Crippen LogP contribution >= 0.6 is 11.3 Å². The van der Waals surface area contributed by atoms with Gasteiger partial charge in [0.1, 0.15) is 6.33 Å². The van der Waals surface area contributed by atoms with Crippen molar-refractivity contribution in [3.63, 3.8) is 0 Å². The van der Waals surface area contributed by atoms with E-state index in [-0.39, 0.29) is 5.91 Å². The van der Waals surface area contributed by atoms with Crippen molar-refractivity contribution in [3.05, 3.63) is 40.1 Å². The van der Waals surface area contributed by atoms with Crippen molar-refractivity contribution in [1.29, 1.82) is 0 Å². The number of aliphatic carboxylic acids is 1. The second-order valence-electron chi connectivity index (χ2n) is 4.13. The number of carbonyl (C=O) groups excluding carboxylic acids is 1. The standard InChI is InChI=1S/C13H14N4O3S/c1-2-17-8-15-16-11(17)6-14-13(20)9-5-10(21-7-9)3-4-12(18)19/h3-5,7-8H,2,6H2,1H3,(H,14,20)(H,18,19)/b4-3+. The summed E-state index contributed by atoms with van der Waals surface area (Å²) in [6, 6.07) is 1.64. The third-order valence-electron chi connectivity index (χ3n) is 2.72. The highest BCUT2D eigenvalue weighted by molar-refractivity contribution is 7.11. The molecule has 0 aromatic carbocycles. The highest BCUT2D eigenvalue weighted by Gasteiger charge is 2.09. The van der Waals surface area contributed by atoms with Crippen molar-refractivity contribution < 1.29 is 14.7 Å². The molecular weight excluding hydrogens is 292 g/mol. The molecule has 0 bridgehead atoms. The number of rotatable bonds is 6. The zero-order valence-corrected chi connectivity index (χ0v) is 12.1. The maximum atomic E-state index is 12.0. The first-order valence-corrected chi connectivity index (χ1v) is 7.12. The molecule has 2 aromatic rings. The summed E-state index contributed by atoms with van der Waals surface area (Å²) in [4.78, 5) is 23.1. The van der Waals surface area contributed by atoms with Gasteiger partial charge in [-0.25, -0.2) is 4.79 Å². The van der Waals surface area contributed by atoms with E-state index in [9.17, 15) is 9.59 Å². The number of hydrogen-bond donors (Lipinski definition) is 2. The topological polar surface area (TPSA) is 97.1 Å². The summed E-state index contributed by atoms with van der Waals surface area (Å²) >= 11 is 1.31. The van der Waals surface area contributed by atoms with E-state index in [1.807, 2.05) is 11.5 Å². The molecule has 0 aliphatic heterocycles. The monoisotopic (exact) mass is 306 g/mol. The molecule has 21 heavy (non-hydrogen) atoms. The lowest BCUT2D eigenvalue weighted by Crippen LogP contribution is -2.24. The second-order valence-corrected chi connectivity index (χ2v) is 5.07. The maximum Gasteiger partial charge on any atom is 0.328 e. The van der Waals surface area contributed by atoms with Gasteiger partial charge in [-0.3, -0.25) is 4.79 Å². The van der Waals surface area contributed by atoms with Crippen LogP contribution < -0.4 is 5.32 Å². The molecule has 2 N–H and O–H groups in total. The molecule has 1 amide bonds. The fourth-order valence-electron chi connectivity index (χ4n) is 1.65. The fourth-order valence-corrected chi connectivity index (χ4v) is 2.43. The van der Waals surface area contributed by atoms with Gasteiger partial charge in [0.25, 0.3) is 5.91 Å². The van der Waals surface area contributed by atoms with Gasteiger partial charge in [-0.15, -0.1) is 21.5 Å². The predicted molar refractivity (Wildman–Crippen MR) is 77.9 cm³/mol. The van der Waals surface area contributed by atoms with Crippen LogP contribution in [0.2, 0.25) is 0 Å². The summed E-state index contributed by atoms with van der Waals surface area (Å²) in [5.74, 6) is -0.563. The molecule has 110 valence electrons. The van der Waals surface area contributed by atoms with E-state index in [0.717, 1.165) is 12.6 Å². The van der Waals surface area contributed by atoms with Gasteiger partial charge < -0.3 is 15.0 Å². The molecule has 0 saturated heterocycles. The molecule has 0 spiro atoms. The Balaban J connectivity index is 1.96. The van der Waals surface area contributed by atoms with Crippen LogP contribution in [0.3, 0.4) is 0 Å². The number of hydrogen-bond acceptors (Lipinski definition) is 5. The van der Waals surface area contributed by atoms with E-state index in [4.69, 9.17) is 5.11 Å². The highest BCUT2D eigenvalue weighted by Crippen LogP contribution is 2.16. The summed E-state index contributed by atoms with van der Waals surface area (Å²) in [6.07, 6.45) is 4.11. The Hall–Kier alpha value is -2.48. The van der Waals surface area contributed by atoms with Crippen molar-refractivity contribution in [2.24, 2.45) is 0 Å². The molecule has 0 aliphatic carbocycles. The number of amides is 1. The summed E-state index contributed by atoms with van der Waals surface area (Å²) in [5, 5.41) is 20.7. The number of carboxylic acids is 1. The summed E-state index contributed by atoms with van der Waals surface area (Å²) in [5.41, 5.74) is 0.493. The number of nitrogens with one attached hydrogen (secondary N) is 1. The Kier molecular flexibility index (Phi) is 4.83. The summed E-state index contributed by atoms with van der Waals surface area (Å²) < 4.78 is 1.84. The van der Waals surface area contributed by atoms with Gasteiger partial charge in [-0.2, -0.15) is 0 Å². The lowest BCUT2D eigenvalue weighted by Gasteiger charge is -2.04. The number of thiophene rings is 1. The van der Waals surface area contributed by atoms with Crippen LogP contribution in [-0.2, 0) is 17.9 Å². The molecule has 8 heteroatoms. The highest BCUT2D eigenvalue weighted by atomic mass is 32.1. The van der Waals surface area contributed by atoms with Gasteiger partial charge in [0, 0.05) is 22.9 Å². The second kappa shape index (κ2) is 6.80. The molecular formula is C13H14N4O3S. The molecule has 2 heterocycles. The van der Waals surface area contributed by atoms with E-state index in [1.54, 1.807) is 17.8 Å². The minimum Gasteiger partial charge on any atom is -0.478 e. The van der Waals surface area contributed by atoms with Gasteiger partial charge in [-0.05, 0) is 19.1 Å². The van der Waals surface area contributed by atoms with Crippen molar-refractivity contribution in [1.82, 2.24) is 20.1 Å². The van der Waals surface area contributed by atoms with Crippen molar-refractivity contribution >= 4 is 29.3 Å². The molecule has 2 aromatic heterocycles. The van der Waals surface area contributed by atoms with E-state index < -0.39 is 5.97 Å². The molecule has 0 atom stereocenters. The number of nitrogens with zero attached hydrogens (tertiary/aromatic N) is 3. The Morgan fingerprint density at radius 3 is 3.05 bits per heavy atom. The largest absolute Gasteiger partial charge is 0.478 e. The van der Waals surface area contributed by atoms with Gasteiger partial charge in [0.15, 0.2) is 5.82 Å². The fraction of sp³-hybridized carbons (Fsp3) is 0.231. The lowest BCUT2D eigenvalue weighted by molar-refractivity contribution is -0.131. The average Bonchev–Trinajstić information content (AvgIpc) is 3.11. The van der Waals surface area contributed by atoms with Crippen LogP contribution in [0.1, 0.15) is 28.0 Å². The molecule has 2 rings (SSSR count). The summed E-state index contributed by atoms with van der Waals surface area (Å²) in [7, 11) is 0. The SMILES string of the molecule is CCn1cnnc1CNC(=O)c1csc(/C=C/C(=O)O)c1. The molecule has 0 aliphatic rings. The van der Waals surface area contributed by atoms with Gasteiger partial charge in [-0.1, -0.05) is 0 Å². The Bertz CT molecular complexity index is 675. The van der Waals surface area contributed by atoms with Gasteiger partial charge in [0.2, 0.25) is 0 Å². The zero-order valence-electron chi connectivity index (χ0n) is 11.3. The minimum atomic E-state index is -1.02. The number of carboxylic acid groups (broad SMARTS) is 1. The minimum absolute atomic E-state index is 0.230. The van der Waals surface area contributed by atoms with Gasteiger partial charge in [0.05, 0.1) is 12.1 Å². The maximum absolute atomic E-state index is 12.0. The van der Waals surface area contributed by atoms with Crippen LogP contribution in [-0.4, -0.2) is 31.7 Å². The van der Waals surface area contributed by atoms with E-state index in [1.165, 1.54) is 17.4 Å². The van der Waals surface area contributed by atoms with Crippen LogP contribution in [0, 0.1) is 0 Å². The first-order valence-electron chi connectivity index (χ1n) is 6.24. The van der Waals surface area contributed by atoms with Crippen LogP contribution in [0.5, 0.6) is 0 Å². The first-order chi connectivity index (χ1) is 10.1. The predicted octanol–water partition coefficient (Wildman–Crippen LogP) is 1.39. The Morgan fingerprint density at radius 1 is 1.52 bits per heavy atom. The number of aryl methyl sites for hydroxylation is 1. The lowest BCUT2D eigenvalue weighted by atomic mass is 10.3. The Labute approximate surface area is 124 Å². The van der Waals surface area contributed by atoms with Crippen LogP contribution in [0.25, 0.3) is 6.08 Å². The van der Waals surface area contributed by atoms with E-state index in [2.05, 4.69) is 15.5 Å². The van der Waals surface area contributed by atoms with Gasteiger partial charge >= 0.3 is 5.97 Å². The molecule has 0 saturated carbocycles. The van der Waals surface area contributed by atoms with Crippen molar-refractivity contribution in [2.45, 2.75) is 20.0 Å².